The van der Waals surface area contributed by atoms with Gasteiger partial charge in [0.05, 0.1) is 5.69 Å². The lowest BCUT2D eigenvalue weighted by atomic mass is 10.1. The van der Waals surface area contributed by atoms with Crippen molar-refractivity contribution in [3.05, 3.63) is 78.4 Å². The number of nitrogens with one attached hydrogen (secondary N) is 1. The van der Waals surface area contributed by atoms with Crippen LogP contribution in [0.5, 0.6) is 0 Å². The van der Waals surface area contributed by atoms with Crippen LogP contribution in [0, 0.1) is 0 Å². The standard InChI is InChI=1S/C21H20N2O3/c1-15(20(24)25)23(21(26)22-14-16-8-3-2-4-9-16)19-13-7-11-17-10-5-6-12-18(17)19/h2-13,15H,14H2,1H3,(H,22,26)(H,24,25)/t15-/m0/s1. The summed E-state index contributed by atoms with van der Waals surface area (Å²) < 4.78 is 0. The molecule has 3 aromatic rings. The van der Waals surface area contributed by atoms with Gasteiger partial charge < -0.3 is 10.4 Å². The fraction of sp³-hybridized carbons (Fsp3) is 0.143. The highest BCUT2D eigenvalue weighted by molar-refractivity contribution is 6.06. The lowest BCUT2D eigenvalue weighted by Gasteiger charge is -2.28. The molecule has 0 saturated heterocycles. The van der Waals surface area contributed by atoms with Gasteiger partial charge in [-0.2, -0.15) is 0 Å². The maximum absolute atomic E-state index is 12.9. The summed E-state index contributed by atoms with van der Waals surface area (Å²) >= 11 is 0. The monoisotopic (exact) mass is 348 g/mol. The average molecular weight is 348 g/mol. The van der Waals surface area contributed by atoms with Gasteiger partial charge in [-0.3, -0.25) is 4.90 Å². The van der Waals surface area contributed by atoms with Gasteiger partial charge in [0, 0.05) is 11.9 Å². The van der Waals surface area contributed by atoms with E-state index in [0.29, 0.717) is 12.2 Å². The highest BCUT2D eigenvalue weighted by Crippen LogP contribution is 2.28. The molecule has 0 radical (unpaired) electrons. The summed E-state index contributed by atoms with van der Waals surface area (Å²) in [5.41, 5.74) is 1.52. The first-order chi connectivity index (χ1) is 12.6. The van der Waals surface area contributed by atoms with Crippen molar-refractivity contribution >= 4 is 28.5 Å². The number of aliphatic carboxylic acids is 1. The van der Waals surface area contributed by atoms with Crippen molar-refractivity contribution in [2.24, 2.45) is 0 Å². The van der Waals surface area contributed by atoms with Crippen LogP contribution in [0.1, 0.15) is 12.5 Å². The van der Waals surface area contributed by atoms with E-state index in [9.17, 15) is 14.7 Å². The molecule has 0 fully saturated rings. The van der Waals surface area contributed by atoms with Crippen molar-refractivity contribution in [1.29, 1.82) is 0 Å². The van der Waals surface area contributed by atoms with Gasteiger partial charge in [0.25, 0.3) is 0 Å². The number of rotatable bonds is 5. The minimum absolute atomic E-state index is 0.327. The molecule has 5 heteroatoms. The minimum atomic E-state index is -1.06. The molecule has 0 aromatic heterocycles. The third-order valence-electron chi connectivity index (χ3n) is 4.28. The molecule has 0 aliphatic carbocycles. The second-order valence-corrected chi connectivity index (χ2v) is 6.03. The molecule has 0 saturated carbocycles. The van der Waals surface area contributed by atoms with Crippen LogP contribution in [0.25, 0.3) is 10.8 Å². The van der Waals surface area contributed by atoms with Gasteiger partial charge in [0.2, 0.25) is 0 Å². The highest BCUT2D eigenvalue weighted by Gasteiger charge is 2.28. The average Bonchev–Trinajstić information content (AvgIpc) is 2.67. The van der Waals surface area contributed by atoms with Crippen LogP contribution in [0.15, 0.2) is 72.8 Å². The molecule has 0 spiro atoms. The van der Waals surface area contributed by atoms with Crippen LogP contribution in [0.3, 0.4) is 0 Å². The fourth-order valence-corrected chi connectivity index (χ4v) is 2.88. The first kappa shape index (κ1) is 17.5. The molecule has 1 atom stereocenters. The summed E-state index contributed by atoms with van der Waals surface area (Å²) in [5, 5.41) is 14.1. The predicted octanol–water partition coefficient (Wildman–Crippen LogP) is 4.03. The molecule has 0 heterocycles. The SMILES string of the molecule is C[C@@H](C(=O)O)N(C(=O)NCc1ccccc1)c1cccc2ccccc12. The van der Waals surface area contributed by atoms with E-state index in [1.165, 1.54) is 11.8 Å². The van der Waals surface area contributed by atoms with Crippen molar-refractivity contribution in [2.45, 2.75) is 19.5 Å². The molecule has 0 bridgehead atoms. The molecule has 3 rings (SSSR count). The largest absolute Gasteiger partial charge is 0.480 e. The number of urea groups is 1. The fourth-order valence-electron chi connectivity index (χ4n) is 2.88. The molecular formula is C21H20N2O3. The van der Waals surface area contributed by atoms with Crippen molar-refractivity contribution in [3.63, 3.8) is 0 Å². The molecular weight excluding hydrogens is 328 g/mol. The quantitative estimate of drug-likeness (QED) is 0.731. The normalized spacial score (nSPS) is 11.7. The number of nitrogens with zero attached hydrogens (tertiary/aromatic N) is 1. The third kappa shape index (κ3) is 3.67. The minimum Gasteiger partial charge on any atom is -0.480 e. The Kier molecular flexibility index (Phi) is 5.17. The number of amides is 2. The number of hydrogen-bond donors (Lipinski definition) is 2. The summed E-state index contributed by atoms with van der Waals surface area (Å²) in [6.07, 6.45) is 0. The Bertz CT molecular complexity index is 919. The van der Waals surface area contributed by atoms with E-state index in [-0.39, 0.29) is 0 Å². The van der Waals surface area contributed by atoms with Gasteiger partial charge >= 0.3 is 12.0 Å². The molecule has 132 valence electrons. The van der Waals surface area contributed by atoms with Gasteiger partial charge in [-0.15, -0.1) is 0 Å². The van der Waals surface area contributed by atoms with Crippen molar-refractivity contribution in [2.75, 3.05) is 4.90 Å². The maximum atomic E-state index is 12.9. The van der Waals surface area contributed by atoms with Crippen LogP contribution >= 0.6 is 0 Å². The van der Waals surface area contributed by atoms with E-state index in [2.05, 4.69) is 5.32 Å². The smallest absolute Gasteiger partial charge is 0.326 e. The lowest BCUT2D eigenvalue weighted by Crippen LogP contribution is -2.48. The Morgan fingerprint density at radius 2 is 1.62 bits per heavy atom. The van der Waals surface area contributed by atoms with Crippen molar-refractivity contribution in [3.8, 4) is 0 Å². The van der Waals surface area contributed by atoms with E-state index >= 15 is 0 Å². The Morgan fingerprint density at radius 1 is 0.962 bits per heavy atom. The summed E-state index contributed by atoms with van der Waals surface area (Å²) in [4.78, 5) is 25.8. The Balaban J connectivity index is 1.94. The second kappa shape index (κ2) is 7.70. The third-order valence-corrected chi connectivity index (χ3v) is 4.28. The zero-order valence-corrected chi connectivity index (χ0v) is 14.4. The first-order valence-electron chi connectivity index (χ1n) is 8.39. The maximum Gasteiger partial charge on any atom is 0.326 e. The molecule has 0 aliphatic heterocycles. The number of carboxylic acid groups (broad SMARTS) is 1. The Labute approximate surface area is 151 Å². The van der Waals surface area contributed by atoms with E-state index < -0.39 is 18.0 Å². The summed E-state index contributed by atoms with van der Waals surface area (Å²) in [6, 6.07) is 21.2. The highest BCUT2D eigenvalue weighted by atomic mass is 16.4. The molecule has 3 aromatic carbocycles. The number of fused-ring (bicyclic) bond motifs is 1. The number of carbonyl (C=O) groups is 2. The van der Waals surface area contributed by atoms with Gasteiger partial charge in [-0.25, -0.2) is 9.59 Å². The molecule has 0 unspecified atom stereocenters. The number of benzene rings is 3. The van der Waals surface area contributed by atoms with E-state index in [1.54, 1.807) is 6.07 Å². The second-order valence-electron chi connectivity index (χ2n) is 6.03. The summed E-state index contributed by atoms with van der Waals surface area (Å²) in [5.74, 6) is -1.06. The van der Waals surface area contributed by atoms with Gasteiger partial charge in [0.1, 0.15) is 6.04 Å². The summed E-state index contributed by atoms with van der Waals surface area (Å²) in [6.45, 7) is 1.83. The van der Waals surface area contributed by atoms with E-state index in [1.807, 2.05) is 66.7 Å². The molecule has 2 N–H and O–H groups in total. The van der Waals surface area contributed by atoms with Crippen LogP contribution in [0.2, 0.25) is 0 Å². The zero-order chi connectivity index (χ0) is 18.5. The van der Waals surface area contributed by atoms with Gasteiger partial charge in [-0.1, -0.05) is 66.7 Å². The topological polar surface area (TPSA) is 69.6 Å². The lowest BCUT2D eigenvalue weighted by molar-refractivity contribution is -0.138. The predicted molar refractivity (Wildman–Crippen MR) is 102 cm³/mol. The zero-order valence-electron chi connectivity index (χ0n) is 14.4. The van der Waals surface area contributed by atoms with Crippen LogP contribution in [-0.4, -0.2) is 23.1 Å². The van der Waals surface area contributed by atoms with E-state index in [4.69, 9.17) is 0 Å². The first-order valence-corrected chi connectivity index (χ1v) is 8.39. The van der Waals surface area contributed by atoms with Gasteiger partial charge in [-0.05, 0) is 23.9 Å². The number of carboxylic acids is 1. The molecule has 5 nitrogen and oxygen atoms in total. The number of hydrogen-bond acceptors (Lipinski definition) is 2. The van der Waals surface area contributed by atoms with Crippen LogP contribution in [0.4, 0.5) is 10.5 Å². The van der Waals surface area contributed by atoms with Gasteiger partial charge in [0.15, 0.2) is 0 Å². The Hall–Kier alpha value is -3.34. The van der Waals surface area contributed by atoms with Crippen LogP contribution in [-0.2, 0) is 11.3 Å². The number of anilines is 1. The van der Waals surface area contributed by atoms with Crippen molar-refractivity contribution < 1.29 is 14.7 Å². The number of carbonyl (C=O) groups excluding carboxylic acids is 1. The molecule has 2 amide bonds. The molecule has 0 aliphatic rings. The molecule has 26 heavy (non-hydrogen) atoms. The van der Waals surface area contributed by atoms with E-state index in [0.717, 1.165) is 16.3 Å². The van der Waals surface area contributed by atoms with Crippen molar-refractivity contribution in [1.82, 2.24) is 5.32 Å². The Morgan fingerprint density at radius 3 is 2.35 bits per heavy atom. The summed E-state index contributed by atoms with van der Waals surface area (Å²) in [7, 11) is 0. The van der Waals surface area contributed by atoms with Crippen LogP contribution < -0.4 is 10.2 Å².